The maximum absolute atomic E-state index is 12.9. The number of nitrogens with zero attached hydrogens (tertiary/aromatic N) is 3. The topological polar surface area (TPSA) is 77.2 Å². The van der Waals surface area contributed by atoms with Gasteiger partial charge in [-0.2, -0.15) is 0 Å². The van der Waals surface area contributed by atoms with Gasteiger partial charge in [-0.05, 0) is 42.7 Å². The minimum absolute atomic E-state index is 0.0712. The molecule has 5 rings (SSSR count). The summed E-state index contributed by atoms with van der Waals surface area (Å²) in [5.41, 5.74) is 3.68. The molecule has 1 fully saturated rings. The number of benzene rings is 2. The quantitative estimate of drug-likeness (QED) is 0.615. The molecule has 0 radical (unpaired) electrons. The van der Waals surface area contributed by atoms with Crippen LogP contribution >= 0.6 is 11.6 Å². The Labute approximate surface area is 197 Å². The fourth-order valence-corrected chi connectivity index (χ4v) is 4.85. The Bertz CT molecular complexity index is 1190. The van der Waals surface area contributed by atoms with Crippen molar-refractivity contribution in [2.45, 2.75) is 25.8 Å². The first-order valence-corrected chi connectivity index (χ1v) is 11.6. The predicted molar refractivity (Wildman–Crippen MR) is 127 cm³/mol. The van der Waals surface area contributed by atoms with E-state index in [0.717, 1.165) is 53.4 Å². The number of carbonyl (C=O) groups is 2. The zero-order chi connectivity index (χ0) is 22.9. The van der Waals surface area contributed by atoms with Gasteiger partial charge in [0.05, 0.1) is 13.1 Å². The fraction of sp³-hybridized carbons (Fsp3) is 0.360. The number of carbonyl (C=O) groups excluding carboxylic acids is 1. The summed E-state index contributed by atoms with van der Waals surface area (Å²) in [5.74, 6) is 0.922. The number of aryl methyl sites for hydroxylation is 1. The van der Waals surface area contributed by atoms with Crippen LogP contribution in [0.5, 0.6) is 0 Å². The third-order valence-corrected chi connectivity index (χ3v) is 6.80. The fourth-order valence-electron chi connectivity index (χ4n) is 4.72. The molecular formula is C25H26ClN3O4. The van der Waals surface area contributed by atoms with E-state index in [1.807, 2.05) is 47.4 Å². The van der Waals surface area contributed by atoms with Crippen LogP contribution in [-0.4, -0.2) is 59.6 Å². The number of amides is 2. The minimum Gasteiger partial charge on any atom is -0.465 e. The summed E-state index contributed by atoms with van der Waals surface area (Å²) in [6, 6.07) is 13.6. The zero-order valence-corrected chi connectivity index (χ0v) is 19.1. The molecule has 33 heavy (non-hydrogen) atoms. The van der Waals surface area contributed by atoms with Gasteiger partial charge in [-0.1, -0.05) is 23.7 Å². The third-order valence-electron chi connectivity index (χ3n) is 6.55. The van der Waals surface area contributed by atoms with Crippen LogP contribution in [0, 0.1) is 0 Å². The summed E-state index contributed by atoms with van der Waals surface area (Å²) in [7, 11) is 0. The van der Waals surface area contributed by atoms with Crippen molar-refractivity contribution in [2.24, 2.45) is 0 Å². The van der Waals surface area contributed by atoms with Crippen molar-refractivity contribution in [2.75, 3.05) is 37.6 Å². The second-order valence-electron chi connectivity index (χ2n) is 8.69. The van der Waals surface area contributed by atoms with Crippen LogP contribution in [0.1, 0.15) is 23.3 Å². The van der Waals surface area contributed by atoms with Gasteiger partial charge in [-0.25, -0.2) is 4.79 Å². The largest absolute Gasteiger partial charge is 0.465 e. The van der Waals surface area contributed by atoms with Crippen molar-refractivity contribution in [3.8, 4) is 0 Å². The molecule has 8 heteroatoms. The number of anilines is 1. The zero-order valence-electron chi connectivity index (χ0n) is 18.3. The molecule has 0 spiro atoms. The van der Waals surface area contributed by atoms with Gasteiger partial charge >= 0.3 is 6.09 Å². The number of rotatable bonds is 4. The normalized spacial score (nSPS) is 17.3. The molecule has 0 bridgehead atoms. The Morgan fingerprint density at radius 3 is 2.64 bits per heavy atom. The Morgan fingerprint density at radius 2 is 1.88 bits per heavy atom. The van der Waals surface area contributed by atoms with E-state index in [1.54, 1.807) is 0 Å². The lowest BCUT2D eigenvalue weighted by Gasteiger charge is -2.34. The predicted octanol–water partition coefficient (Wildman–Crippen LogP) is 4.40. The molecule has 3 aromatic rings. The average Bonchev–Trinajstić information content (AvgIpc) is 2.99. The van der Waals surface area contributed by atoms with Crippen LogP contribution < -0.4 is 4.90 Å². The van der Waals surface area contributed by atoms with Crippen LogP contribution in [0.3, 0.4) is 0 Å². The lowest BCUT2D eigenvalue weighted by Crippen LogP contribution is -2.50. The average molecular weight is 468 g/mol. The monoisotopic (exact) mass is 467 g/mol. The van der Waals surface area contributed by atoms with Crippen molar-refractivity contribution in [3.63, 3.8) is 0 Å². The molecule has 2 aromatic carbocycles. The number of halogens is 1. The standard InChI is InChI=1S/C25H26ClN3O4/c26-18-5-3-17(4-6-18)9-11-27-12-13-29(24(30)16-27)19-7-8-20-21-15-28(25(31)32)10-1-2-22(21)33-23(20)14-19/h3-8,14H,1-2,9-13,15-16H2,(H,31,32). The van der Waals surface area contributed by atoms with Crippen molar-refractivity contribution in [1.29, 1.82) is 0 Å². The number of furan rings is 1. The first kappa shape index (κ1) is 21.8. The van der Waals surface area contributed by atoms with Gasteiger partial charge in [0.2, 0.25) is 5.91 Å². The summed E-state index contributed by atoms with van der Waals surface area (Å²) in [6.07, 6.45) is 1.42. The van der Waals surface area contributed by atoms with Crippen molar-refractivity contribution < 1.29 is 19.1 Å². The van der Waals surface area contributed by atoms with Gasteiger partial charge in [-0.3, -0.25) is 9.69 Å². The van der Waals surface area contributed by atoms with Crippen LogP contribution in [0.2, 0.25) is 5.02 Å². The molecule has 2 amide bonds. The summed E-state index contributed by atoms with van der Waals surface area (Å²) in [5, 5.41) is 11.1. The summed E-state index contributed by atoms with van der Waals surface area (Å²) in [4.78, 5) is 29.8. The maximum Gasteiger partial charge on any atom is 0.407 e. The van der Waals surface area contributed by atoms with Crippen molar-refractivity contribution >= 4 is 40.3 Å². The van der Waals surface area contributed by atoms with Gasteiger partial charge in [0.15, 0.2) is 0 Å². The minimum atomic E-state index is -0.909. The van der Waals surface area contributed by atoms with Crippen LogP contribution in [0.15, 0.2) is 46.9 Å². The SMILES string of the molecule is O=C(O)N1CCCc2oc3cc(N4CCN(CCc5ccc(Cl)cc5)CC4=O)ccc3c2C1. The van der Waals surface area contributed by atoms with Gasteiger partial charge in [0.1, 0.15) is 11.3 Å². The molecule has 0 saturated carbocycles. The second kappa shape index (κ2) is 9.08. The van der Waals surface area contributed by atoms with E-state index in [9.17, 15) is 14.7 Å². The molecule has 0 unspecified atom stereocenters. The summed E-state index contributed by atoms with van der Waals surface area (Å²) >= 11 is 5.95. The highest BCUT2D eigenvalue weighted by molar-refractivity contribution is 6.30. The van der Waals surface area contributed by atoms with Crippen LogP contribution in [0.25, 0.3) is 11.0 Å². The third kappa shape index (κ3) is 4.56. The molecule has 2 aliphatic rings. The van der Waals surface area contributed by atoms with E-state index >= 15 is 0 Å². The highest BCUT2D eigenvalue weighted by Crippen LogP contribution is 2.33. The molecule has 7 nitrogen and oxygen atoms in total. The van der Waals surface area contributed by atoms with Crippen LogP contribution in [-0.2, 0) is 24.2 Å². The number of hydrogen-bond acceptors (Lipinski definition) is 4. The number of carboxylic acid groups (broad SMARTS) is 1. The second-order valence-corrected chi connectivity index (χ2v) is 9.13. The van der Waals surface area contributed by atoms with E-state index in [4.69, 9.17) is 16.0 Å². The number of piperazine rings is 1. The van der Waals surface area contributed by atoms with E-state index in [2.05, 4.69) is 4.90 Å². The molecule has 0 atom stereocenters. The smallest absolute Gasteiger partial charge is 0.407 e. The Hall–Kier alpha value is -3.03. The summed E-state index contributed by atoms with van der Waals surface area (Å²) in [6.45, 7) is 3.48. The molecule has 172 valence electrons. The lowest BCUT2D eigenvalue weighted by molar-refractivity contribution is -0.121. The highest BCUT2D eigenvalue weighted by Gasteiger charge is 2.27. The number of fused-ring (bicyclic) bond motifs is 3. The van der Waals surface area contributed by atoms with E-state index in [-0.39, 0.29) is 5.91 Å². The van der Waals surface area contributed by atoms with Crippen LogP contribution in [0.4, 0.5) is 10.5 Å². The van der Waals surface area contributed by atoms with E-state index in [0.29, 0.717) is 38.2 Å². The first-order valence-electron chi connectivity index (χ1n) is 11.3. The molecule has 3 heterocycles. The molecule has 0 aliphatic carbocycles. The molecule has 2 aliphatic heterocycles. The van der Waals surface area contributed by atoms with Gasteiger partial charge in [0.25, 0.3) is 0 Å². The van der Waals surface area contributed by atoms with Gasteiger partial charge < -0.3 is 19.3 Å². The van der Waals surface area contributed by atoms with Gasteiger partial charge in [0, 0.05) is 60.3 Å². The Balaban J connectivity index is 1.27. The van der Waals surface area contributed by atoms with E-state index < -0.39 is 6.09 Å². The highest BCUT2D eigenvalue weighted by atomic mass is 35.5. The molecule has 1 saturated heterocycles. The maximum atomic E-state index is 12.9. The Morgan fingerprint density at radius 1 is 1.06 bits per heavy atom. The molecule has 1 N–H and O–H groups in total. The van der Waals surface area contributed by atoms with Crippen molar-refractivity contribution in [1.82, 2.24) is 9.80 Å². The van der Waals surface area contributed by atoms with E-state index in [1.165, 1.54) is 10.5 Å². The van der Waals surface area contributed by atoms with Crippen molar-refractivity contribution in [3.05, 3.63) is 64.4 Å². The molecular weight excluding hydrogens is 442 g/mol. The Kier molecular flexibility index (Phi) is 6.00. The number of hydrogen-bond donors (Lipinski definition) is 1. The first-order chi connectivity index (χ1) is 16.0. The molecule has 1 aromatic heterocycles. The summed E-state index contributed by atoms with van der Waals surface area (Å²) < 4.78 is 6.10. The van der Waals surface area contributed by atoms with Gasteiger partial charge in [-0.15, -0.1) is 0 Å². The lowest BCUT2D eigenvalue weighted by atomic mass is 10.1.